The van der Waals surface area contributed by atoms with E-state index in [1.54, 1.807) is 37.4 Å². The molecule has 1 fully saturated rings. The molecule has 1 N–H and O–H groups in total. The second-order valence-electron chi connectivity index (χ2n) is 8.73. The maximum absolute atomic E-state index is 13.1. The fourth-order valence-electron chi connectivity index (χ4n) is 4.16. The van der Waals surface area contributed by atoms with Crippen LogP contribution in [0.15, 0.2) is 36.7 Å². The zero-order valence-corrected chi connectivity index (χ0v) is 20.5. The highest BCUT2D eigenvalue weighted by Crippen LogP contribution is 2.42. The quantitative estimate of drug-likeness (QED) is 0.384. The van der Waals surface area contributed by atoms with E-state index < -0.39 is 24.0 Å². The number of nitrogens with zero attached hydrogens (tertiary/aromatic N) is 3. The topological polar surface area (TPSA) is 86.5 Å². The zero-order valence-electron chi connectivity index (χ0n) is 19.7. The first-order valence-corrected chi connectivity index (χ1v) is 11.8. The Morgan fingerprint density at radius 2 is 2.00 bits per heavy atom. The van der Waals surface area contributed by atoms with E-state index in [2.05, 4.69) is 9.97 Å². The van der Waals surface area contributed by atoms with Gasteiger partial charge < -0.3 is 19.1 Å². The molecule has 0 atom stereocenters. The van der Waals surface area contributed by atoms with Crippen LogP contribution in [0.25, 0.3) is 22.5 Å². The number of hydrogen-bond acceptors (Lipinski definition) is 6. The van der Waals surface area contributed by atoms with Gasteiger partial charge in [0, 0.05) is 29.6 Å². The fraction of sp³-hybridized carbons (Fsp3) is 0.400. The maximum atomic E-state index is 13.1. The highest BCUT2D eigenvalue weighted by molar-refractivity contribution is 6.33. The summed E-state index contributed by atoms with van der Waals surface area (Å²) in [6.45, 7) is 3.46. The summed E-state index contributed by atoms with van der Waals surface area (Å²) in [5.74, 6) is 0.0363. The lowest BCUT2D eigenvalue weighted by molar-refractivity contribution is -0.163. The van der Waals surface area contributed by atoms with Crippen molar-refractivity contribution < 1.29 is 32.5 Å². The second kappa shape index (κ2) is 10.1. The molecule has 1 aliphatic rings. The Kier molecular flexibility index (Phi) is 7.28. The lowest BCUT2D eigenvalue weighted by Crippen LogP contribution is -2.44. The predicted molar refractivity (Wildman–Crippen MR) is 126 cm³/mol. The molecule has 0 unspecified atom stereocenters. The molecule has 11 heteroatoms. The number of alkyl halides is 3. The maximum Gasteiger partial charge on any atom is 0.434 e. The Labute approximate surface area is 210 Å². The van der Waals surface area contributed by atoms with Crippen molar-refractivity contribution in [3.8, 4) is 28.4 Å². The minimum atomic E-state index is -4.65. The number of aryl methyl sites for hydroxylation is 1. The van der Waals surface area contributed by atoms with Gasteiger partial charge in [-0.05, 0) is 49.9 Å². The highest BCUT2D eigenvalue weighted by Gasteiger charge is 2.46. The summed E-state index contributed by atoms with van der Waals surface area (Å²) in [5, 5.41) is 9.65. The third-order valence-electron chi connectivity index (χ3n) is 6.34. The number of imidazole rings is 1. The van der Waals surface area contributed by atoms with E-state index in [9.17, 15) is 23.1 Å². The number of aliphatic hydroxyl groups is 1. The van der Waals surface area contributed by atoms with Gasteiger partial charge in [0.1, 0.15) is 24.6 Å². The number of rotatable bonds is 8. The molecule has 1 aliphatic carbocycles. The number of carbonyl (C=O) groups excluding carboxylic acids is 1. The number of halogens is 4. The van der Waals surface area contributed by atoms with Crippen LogP contribution in [-0.2, 0) is 22.4 Å². The molecule has 1 aromatic carbocycles. The van der Waals surface area contributed by atoms with Crippen molar-refractivity contribution in [3.63, 3.8) is 0 Å². The van der Waals surface area contributed by atoms with Crippen molar-refractivity contribution in [2.75, 3.05) is 13.2 Å². The highest BCUT2D eigenvalue weighted by atomic mass is 35.5. The van der Waals surface area contributed by atoms with Crippen LogP contribution in [0.4, 0.5) is 13.2 Å². The van der Waals surface area contributed by atoms with Gasteiger partial charge in [0.15, 0.2) is 5.69 Å². The summed E-state index contributed by atoms with van der Waals surface area (Å²) >= 11 is 6.42. The van der Waals surface area contributed by atoms with Gasteiger partial charge in [-0.25, -0.2) is 9.97 Å². The van der Waals surface area contributed by atoms with Crippen molar-refractivity contribution >= 4 is 17.6 Å². The number of aliphatic hydroxyl groups excluding tert-OH is 1. The molecule has 7 nitrogen and oxygen atoms in total. The predicted octanol–water partition coefficient (Wildman–Crippen LogP) is 5.65. The third-order valence-corrected chi connectivity index (χ3v) is 6.65. The van der Waals surface area contributed by atoms with Crippen LogP contribution in [0.1, 0.15) is 37.4 Å². The summed E-state index contributed by atoms with van der Waals surface area (Å²) in [7, 11) is 0. The number of esters is 1. The van der Waals surface area contributed by atoms with E-state index in [0.29, 0.717) is 30.9 Å². The van der Waals surface area contributed by atoms with Crippen LogP contribution >= 0.6 is 11.6 Å². The van der Waals surface area contributed by atoms with Crippen LogP contribution in [0, 0.1) is 12.3 Å². The van der Waals surface area contributed by atoms with Gasteiger partial charge in [0.2, 0.25) is 5.88 Å². The number of benzene rings is 1. The third kappa shape index (κ3) is 5.05. The first-order chi connectivity index (χ1) is 17.1. The number of aromatic nitrogens is 3. The first-order valence-electron chi connectivity index (χ1n) is 11.4. The van der Waals surface area contributed by atoms with Crippen molar-refractivity contribution in [3.05, 3.63) is 52.9 Å². The van der Waals surface area contributed by atoms with Crippen molar-refractivity contribution in [1.82, 2.24) is 14.5 Å². The van der Waals surface area contributed by atoms with E-state index in [-0.39, 0.29) is 29.0 Å². The van der Waals surface area contributed by atoms with Crippen molar-refractivity contribution in [2.24, 2.45) is 5.41 Å². The number of ether oxygens (including phenoxy) is 2. The molecule has 4 rings (SSSR count). The normalized spacial score (nSPS) is 14.9. The molecule has 0 saturated heterocycles. The van der Waals surface area contributed by atoms with Gasteiger partial charge in [0.25, 0.3) is 0 Å². The lowest BCUT2D eigenvalue weighted by atomic mass is 9.69. The van der Waals surface area contributed by atoms with E-state index in [0.717, 1.165) is 28.3 Å². The summed E-state index contributed by atoms with van der Waals surface area (Å²) in [5.41, 5.74) is 0.786. The SMILES string of the molecule is CCOC(=O)C1(COc2cc(C)c(-c3ccc(-c4nc(C(F)(F)F)cn4CO)c(Cl)c3)cn2)CCC1. The Morgan fingerprint density at radius 3 is 2.56 bits per heavy atom. The molecule has 3 aromatic rings. The molecule has 0 radical (unpaired) electrons. The molecule has 2 heterocycles. The molecular formula is C25H25ClF3N3O4. The average molecular weight is 524 g/mol. The van der Waals surface area contributed by atoms with Crippen LogP contribution in [-0.4, -0.2) is 38.8 Å². The van der Waals surface area contributed by atoms with Crippen molar-refractivity contribution in [2.45, 2.75) is 46.0 Å². The van der Waals surface area contributed by atoms with E-state index >= 15 is 0 Å². The molecule has 0 bridgehead atoms. The standard InChI is InChI=1S/C25H25ClF3N3O4/c1-3-35-23(34)24(7-4-8-24)13-36-21-9-15(2)18(11-30-21)16-5-6-17(19(26)10-16)22-31-20(25(27,28)29)12-32(22)14-33/h5-6,9-12,33H,3-4,7-8,13-14H2,1-2H3. The largest absolute Gasteiger partial charge is 0.476 e. The number of hydrogen-bond donors (Lipinski definition) is 1. The van der Waals surface area contributed by atoms with Crippen LogP contribution < -0.4 is 4.74 Å². The van der Waals surface area contributed by atoms with Gasteiger partial charge in [-0.1, -0.05) is 24.1 Å². The second-order valence-corrected chi connectivity index (χ2v) is 9.14. The first kappa shape index (κ1) is 26.0. The Morgan fingerprint density at radius 1 is 1.25 bits per heavy atom. The van der Waals surface area contributed by atoms with Gasteiger partial charge in [-0.15, -0.1) is 0 Å². The molecule has 192 valence electrons. The minimum absolute atomic E-state index is 0.0912. The van der Waals surface area contributed by atoms with Gasteiger partial charge in [0.05, 0.1) is 11.6 Å². The molecule has 2 aromatic heterocycles. The summed E-state index contributed by atoms with van der Waals surface area (Å²) in [6.07, 6.45) is 0.0783. The molecular weight excluding hydrogens is 499 g/mol. The monoisotopic (exact) mass is 523 g/mol. The molecule has 1 saturated carbocycles. The molecule has 0 aliphatic heterocycles. The van der Waals surface area contributed by atoms with E-state index in [1.807, 2.05) is 6.92 Å². The van der Waals surface area contributed by atoms with E-state index in [4.69, 9.17) is 21.1 Å². The minimum Gasteiger partial charge on any atom is -0.476 e. The summed E-state index contributed by atoms with van der Waals surface area (Å²) in [6, 6.07) is 6.60. The van der Waals surface area contributed by atoms with E-state index in [1.165, 1.54) is 0 Å². The van der Waals surface area contributed by atoms with Crippen LogP contribution in [0.5, 0.6) is 5.88 Å². The van der Waals surface area contributed by atoms with Gasteiger partial charge >= 0.3 is 12.1 Å². The summed E-state index contributed by atoms with van der Waals surface area (Å²) in [4.78, 5) is 20.3. The smallest absolute Gasteiger partial charge is 0.434 e. The average Bonchev–Trinajstić information content (AvgIpc) is 3.23. The van der Waals surface area contributed by atoms with Crippen LogP contribution in [0.2, 0.25) is 5.02 Å². The Hall–Kier alpha value is -3.11. The zero-order chi connectivity index (χ0) is 26.1. The Bertz CT molecular complexity index is 1270. The number of pyridine rings is 1. The van der Waals surface area contributed by atoms with Crippen LogP contribution in [0.3, 0.4) is 0 Å². The molecule has 0 spiro atoms. The van der Waals surface area contributed by atoms with Gasteiger partial charge in [-0.3, -0.25) is 4.79 Å². The van der Waals surface area contributed by atoms with Gasteiger partial charge in [-0.2, -0.15) is 13.2 Å². The Balaban J connectivity index is 1.54. The van der Waals surface area contributed by atoms with Crippen molar-refractivity contribution in [1.29, 1.82) is 0 Å². The fourth-order valence-corrected chi connectivity index (χ4v) is 4.42. The molecule has 36 heavy (non-hydrogen) atoms. The molecule has 0 amide bonds. The summed E-state index contributed by atoms with van der Waals surface area (Å²) < 4.78 is 51.3. The number of carbonyl (C=O) groups is 1. The lowest BCUT2D eigenvalue weighted by Gasteiger charge is -2.38.